The van der Waals surface area contributed by atoms with E-state index >= 15 is 0 Å². The summed E-state index contributed by atoms with van der Waals surface area (Å²) in [4.78, 5) is 10.7. The summed E-state index contributed by atoms with van der Waals surface area (Å²) >= 11 is 0. The molecule has 1 aromatic rings. The molecule has 1 rings (SSSR count). The topological polar surface area (TPSA) is 66.5 Å². The molecule has 5 nitrogen and oxygen atoms in total. The molecule has 0 unspecified atom stereocenters. The van der Waals surface area contributed by atoms with Crippen molar-refractivity contribution >= 4 is 35.8 Å². The van der Waals surface area contributed by atoms with E-state index in [1.807, 2.05) is 37.2 Å². The summed E-state index contributed by atoms with van der Waals surface area (Å²) in [6.07, 6.45) is 2.25. The Morgan fingerprint density at radius 1 is 1.42 bits per heavy atom. The molecule has 0 radical (unpaired) electrons. The Bertz CT molecular complexity index is 392. The average molecular weight is 377 g/mol. The largest absolute Gasteiger partial charge is 0.370 e. The van der Waals surface area contributed by atoms with E-state index < -0.39 is 0 Å². The van der Waals surface area contributed by atoms with Crippen molar-refractivity contribution in [2.75, 3.05) is 25.5 Å². The van der Waals surface area contributed by atoms with Crippen molar-refractivity contribution in [2.24, 2.45) is 10.7 Å². The van der Waals surface area contributed by atoms with Gasteiger partial charge < -0.3 is 16.0 Å². The second-order valence-electron chi connectivity index (χ2n) is 4.36. The molecule has 0 aliphatic rings. The zero-order chi connectivity index (χ0) is 13.4. The Morgan fingerprint density at radius 2 is 2.16 bits per heavy atom. The minimum absolute atomic E-state index is 0. The summed E-state index contributed by atoms with van der Waals surface area (Å²) in [6, 6.07) is 5.90. The third kappa shape index (κ3) is 7.19. The number of nitrogens with zero attached hydrogens (tertiary/aromatic N) is 3. The van der Waals surface area contributed by atoms with Gasteiger partial charge in [0.15, 0.2) is 5.96 Å². The van der Waals surface area contributed by atoms with Gasteiger partial charge in [-0.05, 0) is 18.6 Å². The van der Waals surface area contributed by atoms with Crippen LogP contribution < -0.4 is 16.0 Å². The lowest BCUT2D eigenvalue weighted by atomic mass is 10.3. The molecule has 0 saturated carbocycles. The van der Waals surface area contributed by atoms with E-state index in [1.54, 1.807) is 0 Å². The number of aliphatic imine (C=N–C) groups is 1. The number of nitrogens with one attached hydrogen (secondary N) is 1. The van der Waals surface area contributed by atoms with Crippen LogP contribution in [0, 0.1) is 0 Å². The van der Waals surface area contributed by atoms with Crippen LogP contribution in [0.25, 0.3) is 0 Å². The molecule has 6 heteroatoms. The monoisotopic (exact) mass is 377 g/mol. The maximum Gasteiger partial charge on any atom is 0.188 e. The molecule has 0 saturated heterocycles. The fourth-order valence-corrected chi connectivity index (χ4v) is 1.42. The van der Waals surface area contributed by atoms with Crippen LogP contribution in [0.5, 0.6) is 0 Å². The van der Waals surface area contributed by atoms with Crippen molar-refractivity contribution in [3.8, 4) is 0 Å². The molecule has 0 bridgehead atoms. The molecule has 0 spiro atoms. The standard InChI is InChI=1S/C13H23N5.HI/c1-4-5-9-15-13(14)16-10-11-7-6-8-12(17-11)18(2)3;/h6-8H,4-5,9-10H2,1-3H3,(H3,14,15,16);1H. The summed E-state index contributed by atoms with van der Waals surface area (Å²) in [5, 5.41) is 3.08. The summed E-state index contributed by atoms with van der Waals surface area (Å²) in [5.41, 5.74) is 6.68. The molecule has 0 aliphatic heterocycles. The molecule has 19 heavy (non-hydrogen) atoms. The van der Waals surface area contributed by atoms with E-state index in [0.29, 0.717) is 12.5 Å². The van der Waals surface area contributed by atoms with Crippen LogP contribution in [0.15, 0.2) is 23.2 Å². The lowest BCUT2D eigenvalue weighted by Gasteiger charge is -2.11. The van der Waals surface area contributed by atoms with Crippen LogP contribution >= 0.6 is 24.0 Å². The quantitative estimate of drug-likeness (QED) is 0.344. The van der Waals surface area contributed by atoms with Crippen LogP contribution in [0.2, 0.25) is 0 Å². The van der Waals surface area contributed by atoms with Gasteiger partial charge in [0.1, 0.15) is 5.82 Å². The molecule has 1 heterocycles. The van der Waals surface area contributed by atoms with Crippen molar-refractivity contribution in [2.45, 2.75) is 26.3 Å². The molecule has 0 atom stereocenters. The molecule has 0 aliphatic carbocycles. The van der Waals surface area contributed by atoms with Gasteiger partial charge in [0, 0.05) is 20.6 Å². The molecule has 3 N–H and O–H groups in total. The van der Waals surface area contributed by atoms with Crippen LogP contribution in [0.1, 0.15) is 25.5 Å². The van der Waals surface area contributed by atoms with Gasteiger partial charge in [-0.15, -0.1) is 24.0 Å². The summed E-state index contributed by atoms with van der Waals surface area (Å²) < 4.78 is 0. The molecule has 0 fully saturated rings. The van der Waals surface area contributed by atoms with Crippen LogP contribution in [0.3, 0.4) is 0 Å². The number of rotatable bonds is 6. The summed E-state index contributed by atoms with van der Waals surface area (Å²) in [5.74, 6) is 1.42. The van der Waals surface area contributed by atoms with E-state index in [1.165, 1.54) is 0 Å². The number of pyridine rings is 1. The smallest absolute Gasteiger partial charge is 0.188 e. The Kier molecular flexibility index (Phi) is 9.28. The predicted molar refractivity (Wildman–Crippen MR) is 92.2 cm³/mol. The fraction of sp³-hybridized carbons (Fsp3) is 0.538. The zero-order valence-electron chi connectivity index (χ0n) is 11.9. The van der Waals surface area contributed by atoms with E-state index in [9.17, 15) is 0 Å². The van der Waals surface area contributed by atoms with Gasteiger partial charge >= 0.3 is 0 Å². The molecule has 0 amide bonds. The Balaban J connectivity index is 0.00000324. The van der Waals surface area contributed by atoms with E-state index in [-0.39, 0.29) is 24.0 Å². The fourth-order valence-electron chi connectivity index (χ4n) is 1.42. The lowest BCUT2D eigenvalue weighted by molar-refractivity contribution is 0.747. The highest BCUT2D eigenvalue weighted by Gasteiger charge is 1.99. The maximum absolute atomic E-state index is 5.76. The van der Waals surface area contributed by atoms with Crippen molar-refractivity contribution < 1.29 is 0 Å². The first-order valence-corrected chi connectivity index (χ1v) is 6.30. The number of hydrogen-bond acceptors (Lipinski definition) is 3. The van der Waals surface area contributed by atoms with Gasteiger partial charge in [0.2, 0.25) is 0 Å². The number of guanidine groups is 1. The third-order valence-corrected chi connectivity index (χ3v) is 2.50. The Morgan fingerprint density at radius 3 is 2.79 bits per heavy atom. The van der Waals surface area contributed by atoms with Crippen molar-refractivity contribution in [1.29, 1.82) is 0 Å². The Labute approximate surface area is 132 Å². The van der Waals surface area contributed by atoms with Gasteiger partial charge in [0.05, 0.1) is 12.2 Å². The van der Waals surface area contributed by atoms with Crippen molar-refractivity contribution in [3.05, 3.63) is 23.9 Å². The first-order chi connectivity index (χ1) is 8.63. The number of aromatic nitrogens is 1. The summed E-state index contributed by atoms with van der Waals surface area (Å²) in [6.45, 7) is 3.52. The molecular formula is C13H24IN5. The number of nitrogens with two attached hydrogens (primary N) is 1. The number of anilines is 1. The van der Waals surface area contributed by atoms with Gasteiger partial charge in [-0.3, -0.25) is 0 Å². The van der Waals surface area contributed by atoms with Gasteiger partial charge in [0.25, 0.3) is 0 Å². The highest BCUT2D eigenvalue weighted by Crippen LogP contribution is 2.08. The third-order valence-electron chi connectivity index (χ3n) is 2.50. The van der Waals surface area contributed by atoms with Crippen LogP contribution in [-0.4, -0.2) is 31.6 Å². The summed E-state index contributed by atoms with van der Waals surface area (Å²) in [7, 11) is 3.94. The molecule has 0 aromatic carbocycles. The van der Waals surface area contributed by atoms with Gasteiger partial charge in [-0.2, -0.15) is 0 Å². The second-order valence-corrected chi connectivity index (χ2v) is 4.36. The normalized spacial score (nSPS) is 10.8. The lowest BCUT2D eigenvalue weighted by Crippen LogP contribution is -2.32. The SMILES string of the molecule is CCCCNC(N)=NCc1cccc(N(C)C)n1.I. The predicted octanol–water partition coefficient (Wildman–Crippen LogP) is 1.97. The number of hydrogen-bond donors (Lipinski definition) is 2. The Hall–Kier alpha value is -1.05. The first-order valence-electron chi connectivity index (χ1n) is 6.30. The minimum Gasteiger partial charge on any atom is -0.370 e. The molecular weight excluding hydrogens is 353 g/mol. The second kappa shape index (κ2) is 9.82. The number of halogens is 1. The highest BCUT2D eigenvalue weighted by molar-refractivity contribution is 14.0. The van der Waals surface area contributed by atoms with Crippen LogP contribution in [0.4, 0.5) is 5.82 Å². The first kappa shape index (κ1) is 17.9. The van der Waals surface area contributed by atoms with E-state index in [2.05, 4.69) is 22.2 Å². The van der Waals surface area contributed by atoms with Crippen LogP contribution in [-0.2, 0) is 6.54 Å². The van der Waals surface area contributed by atoms with Gasteiger partial charge in [-0.1, -0.05) is 19.4 Å². The molecule has 108 valence electrons. The van der Waals surface area contributed by atoms with Gasteiger partial charge in [-0.25, -0.2) is 9.98 Å². The van der Waals surface area contributed by atoms with Crippen molar-refractivity contribution in [1.82, 2.24) is 10.3 Å². The zero-order valence-corrected chi connectivity index (χ0v) is 14.2. The maximum atomic E-state index is 5.76. The van der Waals surface area contributed by atoms with E-state index in [0.717, 1.165) is 30.9 Å². The number of unbranched alkanes of at least 4 members (excludes halogenated alkanes) is 1. The van der Waals surface area contributed by atoms with E-state index in [4.69, 9.17) is 5.73 Å². The average Bonchev–Trinajstić information content (AvgIpc) is 2.37. The highest BCUT2D eigenvalue weighted by atomic mass is 127. The molecule has 1 aromatic heterocycles. The minimum atomic E-state index is 0. The van der Waals surface area contributed by atoms with Crippen molar-refractivity contribution in [3.63, 3.8) is 0 Å².